The van der Waals surface area contributed by atoms with Crippen molar-refractivity contribution in [1.29, 1.82) is 0 Å². The number of nitrogens with one attached hydrogen (secondary N) is 2. The highest BCUT2D eigenvalue weighted by Gasteiger charge is 2.18. The Hall–Kier alpha value is -0.940. The SMILES string of the molecule is Cc1nc(C)c(CNC(=O)CC2CCNC2)s1. The third-order valence-corrected chi connectivity index (χ3v) is 4.16. The van der Waals surface area contributed by atoms with Crippen LogP contribution >= 0.6 is 11.3 Å². The minimum absolute atomic E-state index is 0.157. The van der Waals surface area contributed by atoms with Gasteiger partial charge >= 0.3 is 0 Å². The van der Waals surface area contributed by atoms with Gasteiger partial charge in [0.05, 0.1) is 17.2 Å². The van der Waals surface area contributed by atoms with Crippen molar-refractivity contribution in [2.75, 3.05) is 13.1 Å². The van der Waals surface area contributed by atoms with Crippen LogP contribution in [0.2, 0.25) is 0 Å². The van der Waals surface area contributed by atoms with Crippen LogP contribution in [-0.4, -0.2) is 24.0 Å². The van der Waals surface area contributed by atoms with Gasteiger partial charge in [-0.2, -0.15) is 0 Å². The molecule has 1 aromatic rings. The number of carbonyl (C=O) groups is 1. The molecule has 0 radical (unpaired) electrons. The summed E-state index contributed by atoms with van der Waals surface area (Å²) in [6.45, 7) is 6.63. The van der Waals surface area contributed by atoms with Gasteiger partial charge in [0.1, 0.15) is 0 Å². The number of nitrogens with zero attached hydrogens (tertiary/aromatic N) is 1. The molecule has 1 atom stereocenters. The molecule has 0 aliphatic carbocycles. The van der Waals surface area contributed by atoms with E-state index in [0.29, 0.717) is 18.9 Å². The quantitative estimate of drug-likeness (QED) is 0.852. The topological polar surface area (TPSA) is 54.0 Å². The van der Waals surface area contributed by atoms with Gasteiger partial charge in [0.25, 0.3) is 0 Å². The number of aryl methyl sites for hydroxylation is 2. The Kier molecular flexibility index (Phi) is 4.12. The van der Waals surface area contributed by atoms with Gasteiger partial charge in [0.15, 0.2) is 0 Å². The van der Waals surface area contributed by atoms with Gasteiger partial charge in [-0.25, -0.2) is 4.98 Å². The van der Waals surface area contributed by atoms with E-state index in [0.717, 1.165) is 30.2 Å². The summed E-state index contributed by atoms with van der Waals surface area (Å²) in [4.78, 5) is 17.3. The van der Waals surface area contributed by atoms with E-state index in [4.69, 9.17) is 0 Å². The summed E-state index contributed by atoms with van der Waals surface area (Å²) in [6, 6.07) is 0. The highest BCUT2D eigenvalue weighted by Crippen LogP contribution is 2.17. The number of amides is 1. The molecule has 17 heavy (non-hydrogen) atoms. The Labute approximate surface area is 106 Å². The molecule has 1 saturated heterocycles. The zero-order chi connectivity index (χ0) is 12.3. The van der Waals surface area contributed by atoms with Crippen molar-refractivity contribution < 1.29 is 4.79 Å². The third-order valence-electron chi connectivity index (χ3n) is 3.08. The van der Waals surface area contributed by atoms with Gasteiger partial charge < -0.3 is 10.6 Å². The Morgan fingerprint density at radius 3 is 3.00 bits per heavy atom. The second-order valence-corrected chi connectivity index (χ2v) is 5.87. The predicted molar refractivity (Wildman–Crippen MR) is 69.0 cm³/mol. The van der Waals surface area contributed by atoms with Crippen molar-refractivity contribution in [3.8, 4) is 0 Å². The zero-order valence-electron chi connectivity index (χ0n) is 10.4. The first-order valence-corrected chi connectivity index (χ1v) is 6.87. The summed E-state index contributed by atoms with van der Waals surface area (Å²) in [5, 5.41) is 7.32. The lowest BCUT2D eigenvalue weighted by Crippen LogP contribution is -2.25. The maximum Gasteiger partial charge on any atom is 0.220 e. The van der Waals surface area contributed by atoms with Gasteiger partial charge in [-0.1, -0.05) is 0 Å². The van der Waals surface area contributed by atoms with Gasteiger partial charge in [-0.05, 0) is 39.3 Å². The first-order chi connectivity index (χ1) is 8.15. The molecule has 0 spiro atoms. The second kappa shape index (κ2) is 5.60. The van der Waals surface area contributed by atoms with Crippen molar-refractivity contribution in [2.24, 2.45) is 5.92 Å². The Balaban J connectivity index is 1.77. The van der Waals surface area contributed by atoms with E-state index >= 15 is 0 Å². The Morgan fingerprint density at radius 1 is 1.59 bits per heavy atom. The second-order valence-electron chi connectivity index (χ2n) is 4.58. The molecule has 1 aromatic heterocycles. The normalized spacial score (nSPS) is 19.5. The minimum atomic E-state index is 0.157. The third kappa shape index (κ3) is 3.51. The van der Waals surface area contributed by atoms with Crippen molar-refractivity contribution in [3.63, 3.8) is 0 Å². The smallest absolute Gasteiger partial charge is 0.220 e. The van der Waals surface area contributed by atoms with Crippen LogP contribution in [0.25, 0.3) is 0 Å². The molecule has 4 nitrogen and oxygen atoms in total. The molecule has 2 N–H and O–H groups in total. The number of aromatic nitrogens is 1. The molecule has 2 rings (SSSR count). The molecule has 1 unspecified atom stereocenters. The van der Waals surface area contributed by atoms with Crippen LogP contribution in [0.1, 0.15) is 28.4 Å². The number of carbonyl (C=O) groups excluding carboxylic acids is 1. The van der Waals surface area contributed by atoms with E-state index in [9.17, 15) is 4.79 Å². The first-order valence-electron chi connectivity index (χ1n) is 6.05. The van der Waals surface area contributed by atoms with Gasteiger partial charge in [0.2, 0.25) is 5.91 Å². The monoisotopic (exact) mass is 253 g/mol. The molecule has 0 saturated carbocycles. The van der Waals surface area contributed by atoms with E-state index in [2.05, 4.69) is 15.6 Å². The molecule has 2 heterocycles. The number of hydrogen-bond donors (Lipinski definition) is 2. The fourth-order valence-electron chi connectivity index (χ4n) is 2.14. The highest BCUT2D eigenvalue weighted by molar-refractivity contribution is 7.11. The van der Waals surface area contributed by atoms with Crippen LogP contribution in [0.3, 0.4) is 0 Å². The van der Waals surface area contributed by atoms with Crippen LogP contribution < -0.4 is 10.6 Å². The predicted octanol–water partition coefficient (Wildman–Crippen LogP) is 1.38. The zero-order valence-corrected chi connectivity index (χ0v) is 11.2. The number of rotatable bonds is 4. The van der Waals surface area contributed by atoms with Crippen LogP contribution in [-0.2, 0) is 11.3 Å². The fourth-order valence-corrected chi connectivity index (χ4v) is 3.02. The summed E-state index contributed by atoms with van der Waals surface area (Å²) < 4.78 is 0. The van der Waals surface area contributed by atoms with Crippen molar-refractivity contribution in [2.45, 2.75) is 33.2 Å². The van der Waals surface area contributed by atoms with Crippen molar-refractivity contribution >= 4 is 17.2 Å². The molecule has 94 valence electrons. The maximum atomic E-state index is 11.7. The van der Waals surface area contributed by atoms with Crippen LogP contribution in [0.5, 0.6) is 0 Å². The highest BCUT2D eigenvalue weighted by atomic mass is 32.1. The van der Waals surface area contributed by atoms with E-state index in [1.807, 2.05) is 13.8 Å². The van der Waals surface area contributed by atoms with E-state index in [-0.39, 0.29) is 5.91 Å². The van der Waals surface area contributed by atoms with Crippen LogP contribution in [0, 0.1) is 19.8 Å². The molecular formula is C12H19N3OS. The summed E-state index contributed by atoms with van der Waals surface area (Å²) >= 11 is 1.66. The molecular weight excluding hydrogens is 234 g/mol. The average molecular weight is 253 g/mol. The largest absolute Gasteiger partial charge is 0.351 e. The Bertz CT molecular complexity index is 396. The molecule has 1 aliphatic heterocycles. The van der Waals surface area contributed by atoms with Crippen molar-refractivity contribution in [1.82, 2.24) is 15.6 Å². The maximum absolute atomic E-state index is 11.7. The average Bonchev–Trinajstić information content (AvgIpc) is 2.86. The molecule has 1 fully saturated rings. The van der Waals surface area contributed by atoms with E-state index < -0.39 is 0 Å². The lowest BCUT2D eigenvalue weighted by atomic mass is 10.0. The van der Waals surface area contributed by atoms with E-state index in [1.54, 1.807) is 11.3 Å². The molecule has 1 amide bonds. The van der Waals surface area contributed by atoms with Crippen molar-refractivity contribution in [3.05, 3.63) is 15.6 Å². The minimum Gasteiger partial charge on any atom is -0.351 e. The Morgan fingerprint density at radius 2 is 2.41 bits per heavy atom. The summed E-state index contributed by atoms with van der Waals surface area (Å²) in [5.74, 6) is 0.670. The molecule has 1 aliphatic rings. The van der Waals surface area contributed by atoms with Gasteiger partial charge in [0, 0.05) is 11.3 Å². The number of hydrogen-bond acceptors (Lipinski definition) is 4. The first kappa shape index (κ1) is 12.5. The van der Waals surface area contributed by atoms with E-state index in [1.165, 1.54) is 4.88 Å². The molecule has 0 aromatic carbocycles. The summed E-state index contributed by atoms with van der Waals surface area (Å²) in [7, 11) is 0. The fraction of sp³-hybridized carbons (Fsp3) is 0.667. The molecule has 5 heteroatoms. The summed E-state index contributed by atoms with van der Waals surface area (Å²) in [5.41, 5.74) is 1.04. The standard InChI is InChI=1S/C12H19N3OS/c1-8-11(17-9(2)15-8)7-14-12(16)5-10-3-4-13-6-10/h10,13H,3-7H2,1-2H3,(H,14,16). The lowest BCUT2D eigenvalue weighted by Gasteiger charge is -2.08. The number of thiazole rings is 1. The van der Waals surface area contributed by atoms with Crippen LogP contribution in [0.15, 0.2) is 0 Å². The molecule has 0 bridgehead atoms. The van der Waals surface area contributed by atoms with Crippen LogP contribution in [0.4, 0.5) is 0 Å². The lowest BCUT2D eigenvalue weighted by molar-refractivity contribution is -0.122. The van der Waals surface area contributed by atoms with Gasteiger partial charge in [-0.3, -0.25) is 4.79 Å². The van der Waals surface area contributed by atoms with Gasteiger partial charge in [-0.15, -0.1) is 11.3 Å². The summed E-state index contributed by atoms with van der Waals surface area (Å²) in [6.07, 6.45) is 1.76.